The number of hydrogen-bond donors (Lipinski definition) is 1. The number of allylic oxidation sites excluding steroid dienone is 1. The Morgan fingerprint density at radius 1 is 1.39 bits per heavy atom. The number of H-pyrrole nitrogens is 1. The lowest BCUT2D eigenvalue weighted by molar-refractivity contribution is -0.0503. The molecule has 9 heteroatoms. The van der Waals surface area contributed by atoms with Gasteiger partial charge in [0.25, 0.3) is 10.1 Å². The monoisotopic (exact) mass is 447 g/mol. The Balaban J connectivity index is 1.72. The van der Waals surface area contributed by atoms with Gasteiger partial charge in [0.1, 0.15) is 0 Å². The van der Waals surface area contributed by atoms with Gasteiger partial charge in [-0.3, -0.25) is 9.28 Å². The minimum atomic E-state index is -3.53. The van der Waals surface area contributed by atoms with Crippen molar-refractivity contribution in [2.45, 2.75) is 52.4 Å². The van der Waals surface area contributed by atoms with E-state index in [0.29, 0.717) is 24.8 Å². The first-order chi connectivity index (χ1) is 14.6. The zero-order valence-corrected chi connectivity index (χ0v) is 19.5. The molecule has 6 atom stereocenters. The lowest BCUT2D eigenvalue weighted by Gasteiger charge is -2.55. The van der Waals surface area contributed by atoms with Crippen molar-refractivity contribution in [2.24, 2.45) is 39.6 Å². The number of rotatable bonds is 6. The number of aromatic amines is 1. The molecule has 0 spiro atoms. The third-order valence-corrected chi connectivity index (χ3v) is 9.40. The maximum atomic E-state index is 11.8. The molecular formula is C22H33N5O3S. The fourth-order valence-electron chi connectivity index (χ4n) is 6.99. The van der Waals surface area contributed by atoms with Gasteiger partial charge in [0, 0.05) is 17.2 Å². The minimum absolute atomic E-state index is 0.0303. The Morgan fingerprint density at radius 3 is 2.87 bits per heavy atom. The summed E-state index contributed by atoms with van der Waals surface area (Å²) in [6.07, 6.45) is 8.72. The van der Waals surface area contributed by atoms with Crippen LogP contribution in [0, 0.1) is 34.5 Å². The SMILES string of the molecule is C=C1CC[C@H]2[C@H](CN=[N+]=[N-])[C@@H]([C@@]3(C)Cc4cn[nH]c4C[C@@H]3COS(C)(=O)=O)CC[C@]12C. The van der Waals surface area contributed by atoms with Gasteiger partial charge in [-0.25, -0.2) is 0 Å². The summed E-state index contributed by atoms with van der Waals surface area (Å²) in [6, 6.07) is 0. The molecule has 1 N–H and O–H groups in total. The van der Waals surface area contributed by atoms with Crippen LogP contribution >= 0.6 is 0 Å². The van der Waals surface area contributed by atoms with E-state index in [2.05, 4.69) is 40.6 Å². The highest BCUT2D eigenvalue weighted by Crippen LogP contribution is 2.63. The van der Waals surface area contributed by atoms with Crippen molar-refractivity contribution in [3.8, 4) is 0 Å². The molecule has 3 aliphatic rings. The van der Waals surface area contributed by atoms with Gasteiger partial charge in [0.05, 0.1) is 19.1 Å². The zero-order valence-electron chi connectivity index (χ0n) is 18.7. The third kappa shape index (κ3) is 3.92. The molecule has 2 fully saturated rings. The summed E-state index contributed by atoms with van der Waals surface area (Å²) < 4.78 is 28.9. The van der Waals surface area contributed by atoms with Gasteiger partial charge in [-0.2, -0.15) is 13.5 Å². The Kier molecular flexibility index (Phi) is 5.73. The number of hydrogen-bond acceptors (Lipinski definition) is 5. The number of nitrogens with one attached hydrogen (secondary N) is 1. The van der Waals surface area contributed by atoms with Crippen LogP contribution in [0.2, 0.25) is 0 Å². The highest BCUT2D eigenvalue weighted by Gasteiger charge is 2.56. The van der Waals surface area contributed by atoms with Crippen molar-refractivity contribution in [2.75, 3.05) is 19.4 Å². The number of fused-ring (bicyclic) bond motifs is 2. The van der Waals surface area contributed by atoms with Crippen molar-refractivity contribution in [1.82, 2.24) is 10.2 Å². The Bertz CT molecular complexity index is 1010. The van der Waals surface area contributed by atoms with E-state index in [4.69, 9.17) is 9.71 Å². The molecule has 1 aromatic rings. The second-order valence-electron chi connectivity index (χ2n) is 10.3. The van der Waals surface area contributed by atoms with Crippen molar-refractivity contribution < 1.29 is 12.6 Å². The van der Waals surface area contributed by atoms with E-state index < -0.39 is 10.1 Å². The molecule has 170 valence electrons. The molecule has 8 nitrogen and oxygen atoms in total. The van der Waals surface area contributed by atoms with E-state index >= 15 is 0 Å². The van der Waals surface area contributed by atoms with Crippen molar-refractivity contribution in [1.29, 1.82) is 0 Å². The highest BCUT2D eigenvalue weighted by atomic mass is 32.2. The van der Waals surface area contributed by atoms with Gasteiger partial charge < -0.3 is 0 Å². The normalized spacial score (nSPS) is 37.7. The molecule has 0 aliphatic heterocycles. The lowest BCUT2D eigenvalue weighted by Crippen LogP contribution is -2.52. The van der Waals surface area contributed by atoms with Crippen LogP contribution in [0.5, 0.6) is 0 Å². The highest BCUT2D eigenvalue weighted by molar-refractivity contribution is 7.85. The maximum Gasteiger partial charge on any atom is 0.264 e. The van der Waals surface area contributed by atoms with Crippen LogP contribution in [0.3, 0.4) is 0 Å². The van der Waals surface area contributed by atoms with Gasteiger partial charge in [0.15, 0.2) is 0 Å². The minimum Gasteiger partial charge on any atom is -0.282 e. The quantitative estimate of drug-likeness (QED) is 0.228. The molecule has 1 aromatic heterocycles. The Labute approximate surface area is 184 Å². The lowest BCUT2D eigenvalue weighted by atomic mass is 9.49. The topological polar surface area (TPSA) is 121 Å². The van der Waals surface area contributed by atoms with Crippen LogP contribution in [0.4, 0.5) is 0 Å². The summed E-state index contributed by atoms with van der Waals surface area (Å²) in [7, 11) is -3.53. The smallest absolute Gasteiger partial charge is 0.264 e. The summed E-state index contributed by atoms with van der Waals surface area (Å²) in [5, 5.41) is 11.4. The van der Waals surface area contributed by atoms with Gasteiger partial charge in [0.2, 0.25) is 0 Å². The van der Waals surface area contributed by atoms with E-state index in [-0.39, 0.29) is 29.3 Å². The summed E-state index contributed by atoms with van der Waals surface area (Å²) in [6.45, 7) is 9.61. The number of aromatic nitrogens is 2. The van der Waals surface area contributed by atoms with Crippen LogP contribution in [0.25, 0.3) is 10.4 Å². The molecule has 0 aromatic carbocycles. The zero-order chi connectivity index (χ0) is 22.4. The van der Waals surface area contributed by atoms with E-state index in [9.17, 15) is 8.42 Å². The molecule has 1 heterocycles. The second-order valence-corrected chi connectivity index (χ2v) is 12.0. The predicted octanol–water partition coefficient (Wildman–Crippen LogP) is 4.42. The standard InChI is InChI=1S/C22H33N5O3S/c1-14-5-6-18-17(12-25-27-23)19(7-8-21(14,18)2)22(3)10-15-11-24-26-20(15)9-16(22)13-30-31(4,28)29/h11,16-19H,1,5-10,12-13H2,2-4H3,(H,24,26)/t16-,17+,18+,19+,21-,22+/m1/s1. The second kappa shape index (κ2) is 7.94. The molecule has 2 saturated carbocycles. The maximum absolute atomic E-state index is 11.8. The van der Waals surface area contributed by atoms with Crippen LogP contribution < -0.4 is 0 Å². The molecule has 0 unspecified atom stereocenters. The first-order valence-corrected chi connectivity index (χ1v) is 12.9. The molecule has 0 saturated heterocycles. The fraction of sp³-hybridized carbons (Fsp3) is 0.773. The summed E-state index contributed by atoms with van der Waals surface area (Å²) >= 11 is 0. The predicted molar refractivity (Wildman–Crippen MR) is 119 cm³/mol. The molecule has 0 amide bonds. The van der Waals surface area contributed by atoms with Crippen molar-refractivity contribution in [3.63, 3.8) is 0 Å². The fourth-order valence-corrected chi connectivity index (χ4v) is 7.40. The number of azide groups is 1. The van der Waals surface area contributed by atoms with Crippen molar-refractivity contribution >= 4 is 10.1 Å². The first-order valence-electron chi connectivity index (χ1n) is 11.1. The van der Waals surface area contributed by atoms with Crippen LogP contribution in [0.15, 0.2) is 23.5 Å². The molecule has 0 radical (unpaired) electrons. The Hall–Kier alpha value is -1.83. The average molecular weight is 448 g/mol. The molecule has 3 aliphatic carbocycles. The van der Waals surface area contributed by atoms with Crippen LogP contribution in [0.1, 0.15) is 50.8 Å². The van der Waals surface area contributed by atoms with Crippen LogP contribution in [-0.2, 0) is 27.1 Å². The summed E-state index contributed by atoms with van der Waals surface area (Å²) in [5.41, 5.74) is 12.6. The van der Waals surface area contributed by atoms with Gasteiger partial charge in [-0.05, 0) is 84.1 Å². The molecule has 31 heavy (non-hydrogen) atoms. The van der Waals surface area contributed by atoms with Gasteiger partial charge >= 0.3 is 0 Å². The molecule has 0 bridgehead atoms. The van der Waals surface area contributed by atoms with Gasteiger partial charge in [-0.15, -0.1) is 0 Å². The average Bonchev–Trinajstić information content (AvgIpc) is 3.27. The van der Waals surface area contributed by atoms with Crippen molar-refractivity contribution in [3.05, 3.63) is 40.0 Å². The third-order valence-electron chi connectivity index (χ3n) is 8.84. The summed E-state index contributed by atoms with van der Waals surface area (Å²) in [5.74, 6) is 1.01. The number of nitrogens with zero attached hydrogens (tertiary/aromatic N) is 4. The Morgan fingerprint density at radius 2 is 2.16 bits per heavy atom. The molecule has 4 rings (SSSR count). The van der Waals surface area contributed by atoms with Crippen LogP contribution in [-0.4, -0.2) is 38.0 Å². The summed E-state index contributed by atoms with van der Waals surface area (Å²) in [4.78, 5) is 3.09. The molecular weight excluding hydrogens is 414 g/mol. The van der Waals surface area contributed by atoms with E-state index in [1.807, 2.05) is 6.20 Å². The van der Waals surface area contributed by atoms with E-state index in [1.54, 1.807) is 0 Å². The van der Waals surface area contributed by atoms with E-state index in [0.717, 1.165) is 44.1 Å². The largest absolute Gasteiger partial charge is 0.282 e. The van der Waals surface area contributed by atoms with E-state index in [1.165, 1.54) is 11.1 Å². The van der Waals surface area contributed by atoms with Gasteiger partial charge in [-0.1, -0.05) is 31.1 Å². The first kappa shape index (κ1) is 22.4.